The molecule has 1 heterocycles. The first-order valence-corrected chi connectivity index (χ1v) is 7.72. The quantitative estimate of drug-likeness (QED) is 0.889. The van der Waals surface area contributed by atoms with Crippen molar-refractivity contribution in [1.82, 2.24) is 10.3 Å². The molecule has 1 N–H and O–H groups in total. The summed E-state index contributed by atoms with van der Waals surface area (Å²) in [7, 11) is 5.32. The van der Waals surface area contributed by atoms with Crippen LogP contribution in [0.3, 0.4) is 0 Å². The van der Waals surface area contributed by atoms with Gasteiger partial charge in [0.2, 0.25) is 0 Å². The van der Waals surface area contributed by atoms with Crippen molar-refractivity contribution in [3.8, 4) is 11.5 Å². The van der Waals surface area contributed by atoms with Gasteiger partial charge in [-0.3, -0.25) is 0 Å². The number of methoxy groups -OCH3 is 2. The molecule has 0 radical (unpaired) electrons. The van der Waals surface area contributed by atoms with Crippen molar-refractivity contribution < 1.29 is 9.47 Å². The molecular formula is C16H22N2O2S. The lowest BCUT2D eigenvalue weighted by atomic mass is 10.0. The predicted molar refractivity (Wildman–Crippen MR) is 86.6 cm³/mol. The highest BCUT2D eigenvalue weighted by molar-refractivity contribution is 7.11. The van der Waals surface area contributed by atoms with E-state index in [1.54, 1.807) is 25.6 Å². The highest BCUT2D eigenvalue weighted by Crippen LogP contribution is 2.32. The van der Waals surface area contributed by atoms with Crippen LogP contribution in [0, 0.1) is 13.8 Å². The van der Waals surface area contributed by atoms with Gasteiger partial charge < -0.3 is 14.8 Å². The van der Waals surface area contributed by atoms with Crippen molar-refractivity contribution in [3.63, 3.8) is 0 Å². The van der Waals surface area contributed by atoms with Gasteiger partial charge in [-0.15, -0.1) is 11.3 Å². The first kappa shape index (κ1) is 15.8. The van der Waals surface area contributed by atoms with Crippen LogP contribution in [0.4, 0.5) is 0 Å². The van der Waals surface area contributed by atoms with Gasteiger partial charge in [0.15, 0.2) is 0 Å². The highest BCUT2D eigenvalue weighted by atomic mass is 32.1. The summed E-state index contributed by atoms with van der Waals surface area (Å²) < 4.78 is 10.8. The lowest BCUT2D eigenvalue weighted by Crippen LogP contribution is -2.19. The van der Waals surface area contributed by atoms with Crippen LogP contribution < -0.4 is 14.8 Å². The van der Waals surface area contributed by atoms with Crippen LogP contribution in [-0.4, -0.2) is 26.3 Å². The number of hydrogen-bond donors (Lipinski definition) is 1. The fourth-order valence-electron chi connectivity index (χ4n) is 2.28. The summed E-state index contributed by atoms with van der Waals surface area (Å²) in [6.45, 7) is 4.16. The summed E-state index contributed by atoms with van der Waals surface area (Å²) in [5.41, 5.74) is 2.20. The molecule has 4 nitrogen and oxygen atoms in total. The minimum absolute atomic E-state index is 0.139. The number of likely N-dealkylation sites (N-methyl/N-ethyl adjacent to an activating group) is 1. The smallest absolute Gasteiger partial charge is 0.123 e. The summed E-state index contributed by atoms with van der Waals surface area (Å²) in [5.74, 6) is 1.69. The number of thiazole rings is 1. The van der Waals surface area contributed by atoms with Crippen LogP contribution in [0.15, 0.2) is 18.2 Å². The Bertz CT molecular complexity index is 591. The van der Waals surface area contributed by atoms with Gasteiger partial charge in [-0.1, -0.05) is 0 Å². The van der Waals surface area contributed by atoms with Gasteiger partial charge in [0.1, 0.15) is 11.5 Å². The van der Waals surface area contributed by atoms with E-state index in [-0.39, 0.29) is 6.04 Å². The topological polar surface area (TPSA) is 43.4 Å². The van der Waals surface area contributed by atoms with Crippen LogP contribution in [-0.2, 0) is 6.42 Å². The van der Waals surface area contributed by atoms with E-state index in [1.165, 1.54) is 4.88 Å². The Morgan fingerprint density at radius 3 is 2.52 bits per heavy atom. The lowest BCUT2D eigenvalue weighted by Gasteiger charge is -2.19. The minimum Gasteiger partial charge on any atom is -0.497 e. The first-order valence-electron chi connectivity index (χ1n) is 6.91. The molecule has 1 atom stereocenters. The Kier molecular flexibility index (Phi) is 5.20. The molecule has 0 fully saturated rings. The standard InChI is InChI=1S/C16H22N2O2S/c1-10-11(2)21-16(18-10)9-14(17-3)13-8-12(19-4)6-7-15(13)20-5/h6-8,14,17H,9H2,1-5H3. The molecular weight excluding hydrogens is 284 g/mol. The third kappa shape index (κ3) is 3.54. The van der Waals surface area contributed by atoms with Gasteiger partial charge in [-0.2, -0.15) is 0 Å². The van der Waals surface area contributed by atoms with E-state index in [0.29, 0.717) is 0 Å². The number of aromatic nitrogens is 1. The second-order valence-electron chi connectivity index (χ2n) is 4.90. The second kappa shape index (κ2) is 6.91. The molecule has 2 rings (SSSR count). The number of aryl methyl sites for hydroxylation is 2. The number of nitrogens with one attached hydrogen (secondary N) is 1. The highest BCUT2D eigenvalue weighted by Gasteiger charge is 2.18. The summed E-state index contributed by atoms with van der Waals surface area (Å²) >= 11 is 1.75. The van der Waals surface area contributed by atoms with Gasteiger partial charge in [0.05, 0.1) is 24.9 Å². The van der Waals surface area contributed by atoms with Crippen LogP contribution in [0.25, 0.3) is 0 Å². The van der Waals surface area contributed by atoms with E-state index in [4.69, 9.17) is 9.47 Å². The Balaban J connectivity index is 2.31. The Morgan fingerprint density at radius 1 is 1.24 bits per heavy atom. The molecule has 0 aliphatic rings. The molecule has 0 spiro atoms. The zero-order valence-corrected chi connectivity index (χ0v) is 14.0. The number of benzene rings is 1. The van der Waals surface area contributed by atoms with Crippen LogP contribution in [0.5, 0.6) is 11.5 Å². The molecule has 0 aliphatic carbocycles. The first-order chi connectivity index (χ1) is 10.1. The third-order valence-corrected chi connectivity index (χ3v) is 4.71. The molecule has 1 aromatic heterocycles. The Labute approximate surface area is 130 Å². The van der Waals surface area contributed by atoms with Crippen molar-refractivity contribution in [2.45, 2.75) is 26.3 Å². The Hall–Kier alpha value is -1.59. The van der Waals surface area contributed by atoms with Gasteiger partial charge in [0.25, 0.3) is 0 Å². The normalized spacial score (nSPS) is 12.2. The molecule has 1 unspecified atom stereocenters. The van der Waals surface area contributed by atoms with Crippen molar-refractivity contribution in [2.24, 2.45) is 0 Å². The molecule has 1 aromatic carbocycles. The van der Waals surface area contributed by atoms with Gasteiger partial charge >= 0.3 is 0 Å². The average molecular weight is 306 g/mol. The largest absolute Gasteiger partial charge is 0.497 e. The van der Waals surface area contributed by atoms with E-state index in [2.05, 4.69) is 24.1 Å². The summed E-state index contributed by atoms with van der Waals surface area (Å²) in [4.78, 5) is 5.90. The minimum atomic E-state index is 0.139. The maximum absolute atomic E-state index is 5.48. The zero-order chi connectivity index (χ0) is 15.4. The maximum Gasteiger partial charge on any atom is 0.123 e. The molecule has 5 heteroatoms. The monoisotopic (exact) mass is 306 g/mol. The van der Waals surface area contributed by atoms with Gasteiger partial charge in [0, 0.05) is 22.9 Å². The summed E-state index contributed by atoms with van der Waals surface area (Å²) in [6, 6.07) is 6.01. The molecule has 21 heavy (non-hydrogen) atoms. The summed E-state index contributed by atoms with van der Waals surface area (Å²) in [5, 5.41) is 4.49. The van der Waals surface area contributed by atoms with Crippen LogP contribution >= 0.6 is 11.3 Å². The van der Waals surface area contributed by atoms with Gasteiger partial charge in [-0.05, 0) is 39.1 Å². The molecule has 0 aliphatic heterocycles. The fraction of sp³-hybridized carbons (Fsp3) is 0.438. The van der Waals surface area contributed by atoms with E-state index in [9.17, 15) is 0 Å². The van der Waals surface area contributed by atoms with E-state index >= 15 is 0 Å². The number of nitrogens with zero attached hydrogens (tertiary/aromatic N) is 1. The van der Waals surface area contributed by atoms with Crippen LogP contribution in [0.2, 0.25) is 0 Å². The van der Waals surface area contributed by atoms with E-state index < -0.39 is 0 Å². The predicted octanol–water partition coefficient (Wildman–Crippen LogP) is 3.28. The number of rotatable bonds is 6. The molecule has 114 valence electrons. The maximum atomic E-state index is 5.48. The number of ether oxygens (including phenoxy) is 2. The van der Waals surface area contributed by atoms with E-state index in [0.717, 1.165) is 34.2 Å². The average Bonchev–Trinajstić information content (AvgIpc) is 2.82. The number of hydrogen-bond acceptors (Lipinski definition) is 5. The summed E-state index contributed by atoms with van der Waals surface area (Å²) in [6.07, 6.45) is 0.833. The zero-order valence-electron chi connectivity index (χ0n) is 13.2. The van der Waals surface area contributed by atoms with Crippen LogP contribution in [0.1, 0.15) is 27.2 Å². The second-order valence-corrected chi connectivity index (χ2v) is 6.19. The third-order valence-electron chi connectivity index (χ3n) is 3.61. The van der Waals surface area contributed by atoms with Crippen molar-refractivity contribution in [3.05, 3.63) is 39.3 Å². The molecule has 2 aromatic rings. The Morgan fingerprint density at radius 2 is 2.00 bits per heavy atom. The van der Waals surface area contributed by atoms with Crippen molar-refractivity contribution >= 4 is 11.3 Å². The lowest BCUT2D eigenvalue weighted by molar-refractivity contribution is 0.391. The van der Waals surface area contributed by atoms with E-state index in [1.807, 2.05) is 25.2 Å². The molecule has 0 bridgehead atoms. The van der Waals surface area contributed by atoms with Gasteiger partial charge in [-0.25, -0.2) is 4.98 Å². The fourth-order valence-corrected chi connectivity index (χ4v) is 3.26. The molecule has 0 saturated carbocycles. The van der Waals surface area contributed by atoms with Crippen molar-refractivity contribution in [2.75, 3.05) is 21.3 Å². The SMILES string of the molecule is CNC(Cc1nc(C)c(C)s1)c1cc(OC)ccc1OC. The molecule has 0 saturated heterocycles. The molecule has 0 amide bonds. The van der Waals surface area contributed by atoms with Crippen molar-refractivity contribution in [1.29, 1.82) is 0 Å².